The second-order valence-corrected chi connectivity index (χ2v) is 4.67. The largest absolute Gasteiger partial charge is 0.277 e. The summed E-state index contributed by atoms with van der Waals surface area (Å²) in [7, 11) is 0. The Morgan fingerprint density at radius 1 is 1.41 bits per heavy atom. The molecule has 4 nitrogen and oxygen atoms in total. The van der Waals surface area contributed by atoms with Crippen molar-refractivity contribution in [2.45, 2.75) is 19.9 Å². The summed E-state index contributed by atoms with van der Waals surface area (Å²) in [4.78, 5) is 12.1. The number of alkyl halides is 1. The Morgan fingerprint density at radius 3 is 2.88 bits per heavy atom. The van der Waals surface area contributed by atoms with Gasteiger partial charge in [-0.1, -0.05) is 46.6 Å². The highest BCUT2D eigenvalue weighted by molar-refractivity contribution is 9.09. The maximum absolute atomic E-state index is 12.1. The van der Waals surface area contributed by atoms with Crippen LogP contribution in [0.2, 0.25) is 0 Å². The van der Waals surface area contributed by atoms with Crippen molar-refractivity contribution < 1.29 is 0 Å². The lowest BCUT2D eigenvalue weighted by atomic mass is 10.1. The molecule has 0 amide bonds. The fraction of sp³-hybridized carbons (Fsp3) is 0.417. The summed E-state index contributed by atoms with van der Waals surface area (Å²) in [6.45, 7) is 2.71. The fourth-order valence-electron chi connectivity index (χ4n) is 1.67. The summed E-state index contributed by atoms with van der Waals surface area (Å²) in [5.74, 6) is 0.406. The van der Waals surface area contributed by atoms with Crippen LogP contribution in [0.3, 0.4) is 0 Å². The highest BCUT2D eigenvalue weighted by Crippen LogP contribution is 2.09. The van der Waals surface area contributed by atoms with E-state index in [2.05, 4.69) is 33.2 Å². The monoisotopic (exact) mass is 295 g/mol. The van der Waals surface area contributed by atoms with E-state index in [0.717, 1.165) is 11.8 Å². The van der Waals surface area contributed by atoms with Crippen LogP contribution in [0.4, 0.5) is 0 Å². The van der Waals surface area contributed by atoms with Gasteiger partial charge in [0.05, 0.1) is 11.9 Å². The molecule has 1 heterocycles. The lowest BCUT2D eigenvalue weighted by Gasteiger charge is -2.11. The Bertz CT molecular complexity index is 563. The Labute approximate surface area is 108 Å². The molecule has 1 unspecified atom stereocenters. The Balaban J connectivity index is 2.42. The van der Waals surface area contributed by atoms with Gasteiger partial charge < -0.3 is 0 Å². The maximum atomic E-state index is 12.1. The summed E-state index contributed by atoms with van der Waals surface area (Å²) in [6.07, 6.45) is 1.01. The van der Waals surface area contributed by atoms with Crippen LogP contribution in [-0.4, -0.2) is 20.3 Å². The van der Waals surface area contributed by atoms with Crippen molar-refractivity contribution in [3.05, 3.63) is 34.6 Å². The van der Waals surface area contributed by atoms with Crippen molar-refractivity contribution in [3.8, 4) is 0 Å². The first kappa shape index (κ1) is 12.2. The van der Waals surface area contributed by atoms with Crippen molar-refractivity contribution in [2.75, 3.05) is 5.33 Å². The van der Waals surface area contributed by atoms with Crippen LogP contribution in [0.1, 0.15) is 13.3 Å². The van der Waals surface area contributed by atoms with E-state index >= 15 is 0 Å². The number of fused-ring (bicyclic) bond motifs is 1. The zero-order valence-corrected chi connectivity index (χ0v) is 11.2. The van der Waals surface area contributed by atoms with Gasteiger partial charge in [-0.2, -0.15) is 0 Å². The van der Waals surface area contributed by atoms with Crippen LogP contribution in [-0.2, 0) is 6.54 Å². The molecule has 17 heavy (non-hydrogen) atoms. The molecule has 5 heteroatoms. The van der Waals surface area contributed by atoms with E-state index in [0.29, 0.717) is 23.4 Å². The van der Waals surface area contributed by atoms with E-state index in [1.165, 1.54) is 4.68 Å². The molecule has 0 aliphatic carbocycles. The van der Waals surface area contributed by atoms with Gasteiger partial charge in [0.1, 0.15) is 5.52 Å². The van der Waals surface area contributed by atoms with E-state index in [1.54, 1.807) is 12.1 Å². The summed E-state index contributed by atoms with van der Waals surface area (Å²) in [6, 6.07) is 7.29. The lowest BCUT2D eigenvalue weighted by molar-refractivity contribution is 0.421. The molecule has 0 saturated heterocycles. The van der Waals surface area contributed by atoms with Crippen LogP contribution in [0.15, 0.2) is 29.1 Å². The van der Waals surface area contributed by atoms with E-state index in [4.69, 9.17) is 0 Å². The predicted octanol–water partition coefficient (Wildman–Crippen LogP) is 2.21. The zero-order chi connectivity index (χ0) is 12.3. The standard InChI is InChI=1S/C12H14BrN3O/c1-2-9(7-13)8-16-12(17)10-5-3-4-6-11(10)14-15-16/h3-6,9H,2,7-8H2,1H3. The Morgan fingerprint density at radius 2 is 2.18 bits per heavy atom. The highest BCUT2D eigenvalue weighted by Gasteiger charge is 2.10. The SMILES string of the molecule is CCC(CBr)Cn1nnc2ccccc2c1=O. The van der Waals surface area contributed by atoms with Gasteiger partial charge in [-0.3, -0.25) is 4.79 Å². The molecule has 0 aliphatic heterocycles. The molecular formula is C12H14BrN3O. The fourth-order valence-corrected chi connectivity index (χ4v) is 2.34. The van der Waals surface area contributed by atoms with E-state index < -0.39 is 0 Å². The number of aromatic nitrogens is 3. The van der Waals surface area contributed by atoms with Crippen molar-refractivity contribution in [1.29, 1.82) is 0 Å². The summed E-state index contributed by atoms with van der Waals surface area (Å²) in [5, 5.41) is 9.53. The first-order valence-corrected chi connectivity index (χ1v) is 6.77. The smallest absolute Gasteiger partial charge is 0.267 e. The first-order chi connectivity index (χ1) is 8.26. The molecule has 1 aromatic heterocycles. The van der Waals surface area contributed by atoms with Crippen LogP contribution >= 0.6 is 15.9 Å². The van der Waals surface area contributed by atoms with Gasteiger partial charge in [-0.25, -0.2) is 4.68 Å². The van der Waals surface area contributed by atoms with Crippen molar-refractivity contribution in [2.24, 2.45) is 5.92 Å². The third-order valence-electron chi connectivity index (χ3n) is 2.86. The molecule has 2 rings (SSSR count). The van der Waals surface area contributed by atoms with E-state index in [-0.39, 0.29) is 5.56 Å². The van der Waals surface area contributed by atoms with Crippen molar-refractivity contribution >= 4 is 26.8 Å². The molecule has 1 atom stereocenters. The number of halogens is 1. The van der Waals surface area contributed by atoms with Gasteiger partial charge in [0.2, 0.25) is 0 Å². The molecule has 0 bridgehead atoms. The Hall–Kier alpha value is -1.23. The molecule has 90 valence electrons. The van der Waals surface area contributed by atoms with E-state index in [1.807, 2.05) is 12.1 Å². The number of rotatable bonds is 4. The van der Waals surface area contributed by atoms with E-state index in [9.17, 15) is 4.79 Å². The van der Waals surface area contributed by atoms with Crippen LogP contribution in [0.5, 0.6) is 0 Å². The zero-order valence-electron chi connectivity index (χ0n) is 9.64. The average molecular weight is 296 g/mol. The molecule has 0 saturated carbocycles. The summed E-state index contributed by atoms with van der Waals surface area (Å²) >= 11 is 3.44. The Kier molecular flexibility index (Phi) is 3.89. The molecule has 0 radical (unpaired) electrons. The van der Waals surface area contributed by atoms with Crippen LogP contribution in [0, 0.1) is 5.92 Å². The molecule has 1 aromatic carbocycles. The normalized spacial score (nSPS) is 12.8. The average Bonchev–Trinajstić information content (AvgIpc) is 2.38. The summed E-state index contributed by atoms with van der Waals surface area (Å²) in [5.41, 5.74) is 0.593. The minimum atomic E-state index is -0.0602. The number of benzene rings is 1. The first-order valence-electron chi connectivity index (χ1n) is 5.64. The molecule has 0 spiro atoms. The molecule has 0 N–H and O–H groups in total. The second kappa shape index (κ2) is 5.40. The van der Waals surface area contributed by atoms with Gasteiger partial charge in [0, 0.05) is 5.33 Å². The highest BCUT2D eigenvalue weighted by atomic mass is 79.9. The molecule has 0 fully saturated rings. The number of hydrogen-bond acceptors (Lipinski definition) is 3. The van der Waals surface area contributed by atoms with Gasteiger partial charge in [0.15, 0.2) is 0 Å². The van der Waals surface area contributed by atoms with Crippen LogP contribution in [0.25, 0.3) is 10.9 Å². The second-order valence-electron chi connectivity index (χ2n) is 4.02. The maximum Gasteiger partial charge on any atom is 0.277 e. The van der Waals surface area contributed by atoms with Crippen molar-refractivity contribution in [1.82, 2.24) is 15.0 Å². The number of nitrogens with zero attached hydrogens (tertiary/aromatic N) is 3. The quantitative estimate of drug-likeness (QED) is 0.813. The third kappa shape index (κ3) is 2.54. The minimum Gasteiger partial charge on any atom is -0.267 e. The minimum absolute atomic E-state index is 0.0602. The topological polar surface area (TPSA) is 47.8 Å². The number of hydrogen-bond donors (Lipinski definition) is 0. The van der Waals surface area contributed by atoms with Crippen molar-refractivity contribution in [3.63, 3.8) is 0 Å². The lowest BCUT2D eigenvalue weighted by Crippen LogP contribution is -2.28. The predicted molar refractivity (Wildman–Crippen MR) is 71.4 cm³/mol. The van der Waals surface area contributed by atoms with Gasteiger partial charge >= 0.3 is 0 Å². The summed E-state index contributed by atoms with van der Waals surface area (Å²) < 4.78 is 1.46. The van der Waals surface area contributed by atoms with Gasteiger partial charge in [-0.05, 0) is 18.1 Å². The molecule has 2 aromatic rings. The van der Waals surface area contributed by atoms with Crippen LogP contribution < -0.4 is 5.56 Å². The molecular weight excluding hydrogens is 282 g/mol. The molecule has 0 aliphatic rings. The van der Waals surface area contributed by atoms with Gasteiger partial charge in [-0.15, -0.1) is 5.10 Å². The third-order valence-corrected chi connectivity index (χ3v) is 3.77. The van der Waals surface area contributed by atoms with Gasteiger partial charge in [0.25, 0.3) is 5.56 Å².